The van der Waals surface area contributed by atoms with Crippen molar-refractivity contribution >= 4 is 10.0 Å². The molecule has 21 heavy (non-hydrogen) atoms. The van der Waals surface area contributed by atoms with Crippen molar-refractivity contribution < 1.29 is 8.42 Å². The van der Waals surface area contributed by atoms with Crippen LogP contribution in [0.2, 0.25) is 0 Å². The van der Waals surface area contributed by atoms with Gasteiger partial charge in [-0.2, -0.15) is 0 Å². The lowest BCUT2D eigenvalue weighted by atomic mass is 10.1. The van der Waals surface area contributed by atoms with Gasteiger partial charge in [-0.3, -0.25) is 0 Å². The highest BCUT2D eigenvalue weighted by atomic mass is 32.2. The molecule has 2 atom stereocenters. The molecule has 0 amide bonds. The van der Waals surface area contributed by atoms with E-state index in [4.69, 9.17) is 5.73 Å². The smallest absolute Gasteiger partial charge is 0.240 e. The Morgan fingerprint density at radius 3 is 2.43 bits per heavy atom. The van der Waals surface area contributed by atoms with Crippen LogP contribution in [0.5, 0.6) is 0 Å². The lowest BCUT2D eigenvalue weighted by molar-refractivity contribution is 0.514. The number of rotatable bonds is 3. The van der Waals surface area contributed by atoms with Crippen LogP contribution in [0.1, 0.15) is 22.7 Å². The first-order chi connectivity index (χ1) is 9.97. The van der Waals surface area contributed by atoms with Gasteiger partial charge < -0.3 is 5.73 Å². The Morgan fingerprint density at radius 2 is 1.76 bits per heavy atom. The molecule has 0 radical (unpaired) electrons. The summed E-state index contributed by atoms with van der Waals surface area (Å²) in [7, 11) is -3.54. The minimum atomic E-state index is -3.54. The molecule has 2 aromatic carbocycles. The fourth-order valence-corrected chi connectivity index (χ4v) is 3.98. The summed E-state index contributed by atoms with van der Waals surface area (Å²) in [5, 5.41) is 0. The maximum Gasteiger partial charge on any atom is 0.240 e. The summed E-state index contributed by atoms with van der Waals surface area (Å²) >= 11 is 0. The summed E-state index contributed by atoms with van der Waals surface area (Å²) in [6, 6.07) is 14.0. The SMILES string of the molecule is Cc1ccc(S(=O)(=O)N[C@H]2Cc3ccccc3[C@@H]2N)cc1. The monoisotopic (exact) mass is 302 g/mol. The molecular weight excluding hydrogens is 284 g/mol. The van der Waals surface area contributed by atoms with Crippen molar-refractivity contribution in [2.75, 3.05) is 0 Å². The third-order valence-electron chi connectivity index (χ3n) is 3.93. The van der Waals surface area contributed by atoms with Gasteiger partial charge in [0.1, 0.15) is 0 Å². The Hall–Kier alpha value is -1.69. The maximum absolute atomic E-state index is 12.4. The van der Waals surface area contributed by atoms with Gasteiger partial charge in [-0.25, -0.2) is 13.1 Å². The predicted octanol–water partition coefficient (Wildman–Crippen LogP) is 1.90. The van der Waals surface area contributed by atoms with E-state index in [0.29, 0.717) is 6.42 Å². The van der Waals surface area contributed by atoms with E-state index < -0.39 is 10.0 Å². The predicted molar refractivity (Wildman–Crippen MR) is 82.4 cm³/mol. The Labute approximate surface area is 125 Å². The molecule has 0 bridgehead atoms. The highest BCUT2D eigenvalue weighted by Gasteiger charge is 2.32. The van der Waals surface area contributed by atoms with Gasteiger partial charge >= 0.3 is 0 Å². The molecule has 1 aliphatic carbocycles. The number of fused-ring (bicyclic) bond motifs is 1. The first kappa shape index (κ1) is 14.3. The lowest BCUT2D eigenvalue weighted by Gasteiger charge is -2.18. The maximum atomic E-state index is 12.4. The van der Waals surface area contributed by atoms with Gasteiger partial charge in [-0.05, 0) is 36.6 Å². The molecule has 110 valence electrons. The molecule has 0 aromatic heterocycles. The van der Waals surface area contributed by atoms with Crippen LogP contribution in [-0.2, 0) is 16.4 Å². The molecule has 1 aliphatic rings. The number of sulfonamides is 1. The third-order valence-corrected chi connectivity index (χ3v) is 5.43. The normalized spacial score (nSPS) is 21.2. The molecule has 0 unspecified atom stereocenters. The first-order valence-electron chi connectivity index (χ1n) is 6.90. The Balaban J connectivity index is 1.83. The Bertz CT molecular complexity index is 754. The van der Waals surface area contributed by atoms with Crippen LogP contribution in [0.4, 0.5) is 0 Å². The van der Waals surface area contributed by atoms with Crippen LogP contribution >= 0.6 is 0 Å². The van der Waals surface area contributed by atoms with Crippen molar-refractivity contribution in [1.29, 1.82) is 0 Å². The molecule has 0 saturated carbocycles. The van der Waals surface area contributed by atoms with Crippen molar-refractivity contribution in [3.8, 4) is 0 Å². The van der Waals surface area contributed by atoms with Crippen LogP contribution in [0.25, 0.3) is 0 Å². The van der Waals surface area contributed by atoms with E-state index in [2.05, 4.69) is 4.72 Å². The molecular formula is C16H18N2O2S. The molecule has 2 aromatic rings. The van der Waals surface area contributed by atoms with E-state index in [0.717, 1.165) is 16.7 Å². The standard InChI is InChI=1S/C16H18N2O2S/c1-11-6-8-13(9-7-11)21(19,20)18-15-10-12-4-2-3-5-14(12)16(15)17/h2-9,15-16,18H,10,17H2,1H3/t15-,16-/m0/s1. The molecule has 0 aliphatic heterocycles. The number of benzene rings is 2. The largest absolute Gasteiger partial charge is 0.323 e. The summed E-state index contributed by atoms with van der Waals surface area (Å²) in [6.07, 6.45) is 0.627. The van der Waals surface area contributed by atoms with Crippen molar-refractivity contribution in [3.63, 3.8) is 0 Å². The molecule has 3 rings (SSSR count). The molecule has 0 saturated heterocycles. The molecule has 0 heterocycles. The van der Waals surface area contributed by atoms with Crippen LogP contribution in [0.15, 0.2) is 53.4 Å². The second-order valence-electron chi connectivity index (χ2n) is 5.47. The first-order valence-corrected chi connectivity index (χ1v) is 8.38. The van der Waals surface area contributed by atoms with Gasteiger partial charge in [-0.15, -0.1) is 0 Å². The second kappa shape index (κ2) is 5.26. The third kappa shape index (κ3) is 2.72. The highest BCUT2D eigenvalue weighted by molar-refractivity contribution is 7.89. The fourth-order valence-electron chi connectivity index (χ4n) is 2.73. The molecule has 3 N–H and O–H groups in total. The van der Waals surface area contributed by atoms with Gasteiger partial charge in [-0.1, -0.05) is 42.0 Å². The Kier molecular flexibility index (Phi) is 3.57. The fraction of sp³-hybridized carbons (Fsp3) is 0.250. The minimum absolute atomic E-state index is 0.274. The van der Waals surface area contributed by atoms with E-state index in [1.807, 2.05) is 31.2 Å². The van der Waals surface area contributed by atoms with E-state index in [-0.39, 0.29) is 17.0 Å². The molecule has 4 nitrogen and oxygen atoms in total. The van der Waals surface area contributed by atoms with Crippen LogP contribution in [0.3, 0.4) is 0 Å². The average molecular weight is 302 g/mol. The van der Waals surface area contributed by atoms with Crippen molar-refractivity contribution in [2.24, 2.45) is 5.73 Å². The van der Waals surface area contributed by atoms with Crippen molar-refractivity contribution in [3.05, 3.63) is 65.2 Å². The number of nitrogens with two attached hydrogens (primary N) is 1. The summed E-state index contributed by atoms with van der Waals surface area (Å²) in [6.45, 7) is 1.92. The van der Waals surface area contributed by atoms with E-state index in [1.54, 1.807) is 24.3 Å². The van der Waals surface area contributed by atoms with Crippen LogP contribution < -0.4 is 10.5 Å². The zero-order chi connectivity index (χ0) is 15.0. The Morgan fingerprint density at radius 1 is 1.10 bits per heavy atom. The number of aryl methyl sites for hydroxylation is 1. The van der Waals surface area contributed by atoms with Crippen LogP contribution in [0, 0.1) is 6.92 Å². The van der Waals surface area contributed by atoms with Gasteiger partial charge in [0.25, 0.3) is 0 Å². The summed E-state index contributed by atoms with van der Waals surface area (Å²) in [4.78, 5) is 0.274. The molecule has 5 heteroatoms. The summed E-state index contributed by atoms with van der Waals surface area (Å²) in [5.74, 6) is 0. The topological polar surface area (TPSA) is 72.2 Å². The summed E-state index contributed by atoms with van der Waals surface area (Å²) < 4.78 is 27.6. The van der Waals surface area contributed by atoms with Crippen LogP contribution in [-0.4, -0.2) is 14.5 Å². The van der Waals surface area contributed by atoms with Gasteiger partial charge in [0.2, 0.25) is 10.0 Å². The van der Waals surface area contributed by atoms with Gasteiger partial charge in [0.05, 0.1) is 4.90 Å². The zero-order valence-corrected chi connectivity index (χ0v) is 12.6. The van der Waals surface area contributed by atoms with Crippen molar-refractivity contribution in [2.45, 2.75) is 30.3 Å². The van der Waals surface area contributed by atoms with Crippen molar-refractivity contribution in [1.82, 2.24) is 4.72 Å². The summed E-state index contributed by atoms with van der Waals surface area (Å²) in [5.41, 5.74) is 9.33. The van der Waals surface area contributed by atoms with Gasteiger partial charge in [0, 0.05) is 12.1 Å². The lowest BCUT2D eigenvalue weighted by Crippen LogP contribution is -2.40. The second-order valence-corrected chi connectivity index (χ2v) is 7.18. The highest BCUT2D eigenvalue weighted by Crippen LogP contribution is 2.30. The zero-order valence-electron chi connectivity index (χ0n) is 11.8. The minimum Gasteiger partial charge on any atom is -0.323 e. The molecule has 0 fully saturated rings. The van der Waals surface area contributed by atoms with E-state index >= 15 is 0 Å². The average Bonchev–Trinajstić information content (AvgIpc) is 2.76. The van der Waals surface area contributed by atoms with E-state index in [1.165, 1.54) is 0 Å². The van der Waals surface area contributed by atoms with E-state index in [9.17, 15) is 8.42 Å². The number of hydrogen-bond acceptors (Lipinski definition) is 3. The number of nitrogens with one attached hydrogen (secondary N) is 1. The molecule has 0 spiro atoms. The van der Waals surface area contributed by atoms with Gasteiger partial charge in [0.15, 0.2) is 0 Å². The quantitative estimate of drug-likeness (QED) is 0.909. The number of hydrogen-bond donors (Lipinski definition) is 2.